The number of methoxy groups -OCH3 is 1. The lowest BCUT2D eigenvalue weighted by atomic mass is 9.95. The summed E-state index contributed by atoms with van der Waals surface area (Å²) < 4.78 is 5.12. The van der Waals surface area contributed by atoms with E-state index in [9.17, 15) is 14.4 Å². The molecule has 2 aliphatic heterocycles. The quantitative estimate of drug-likeness (QED) is 0.786. The van der Waals surface area contributed by atoms with Crippen LogP contribution in [0.1, 0.15) is 24.8 Å². The van der Waals surface area contributed by atoms with Crippen molar-refractivity contribution in [1.29, 1.82) is 0 Å². The molecule has 2 fully saturated rings. The summed E-state index contributed by atoms with van der Waals surface area (Å²) in [6, 6.07) is 6.91. The van der Waals surface area contributed by atoms with Crippen molar-refractivity contribution in [3.8, 4) is 5.75 Å². The first-order valence-electron chi connectivity index (χ1n) is 8.50. The lowest BCUT2D eigenvalue weighted by Crippen LogP contribution is -2.47. The van der Waals surface area contributed by atoms with E-state index in [0.29, 0.717) is 25.9 Å². The number of nitrogens with zero attached hydrogens (tertiary/aromatic N) is 2. The van der Waals surface area contributed by atoms with Crippen molar-refractivity contribution in [2.75, 3.05) is 20.2 Å². The average molecular weight is 345 g/mol. The Bertz CT molecular complexity index is 665. The molecule has 0 unspecified atom stereocenters. The number of carbonyl (C=O) groups is 3. The molecule has 0 aromatic heterocycles. The van der Waals surface area contributed by atoms with Gasteiger partial charge in [0.05, 0.1) is 26.1 Å². The molecule has 3 amide bonds. The number of likely N-dealkylation sites (tertiary alicyclic amines) is 2. The van der Waals surface area contributed by atoms with Crippen LogP contribution in [0.25, 0.3) is 0 Å². The predicted molar refractivity (Wildman–Crippen MR) is 90.4 cm³/mol. The maximum atomic E-state index is 12.7. The minimum atomic E-state index is -0.417. The molecule has 2 heterocycles. The molecular weight excluding hydrogens is 322 g/mol. The normalized spacial score (nSPS) is 22.4. The number of benzene rings is 1. The number of piperidine rings is 1. The summed E-state index contributed by atoms with van der Waals surface area (Å²) in [6.45, 7) is 1.51. The van der Waals surface area contributed by atoms with Gasteiger partial charge >= 0.3 is 0 Å². The molecule has 2 aliphatic rings. The zero-order valence-corrected chi connectivity index (χ0v) is 14.3. The Morgan fingerprint density at radius 1 is 1.20 bits per heavy atom. The fraction of sp³-hybridized carbons (Fsp3) is 0.500. The minimum Gasteiger partial charge on any atom is -0.497 e. The fourth-order valence-electron chi connectivity index (χ4n) is 3.53. The van der Waals surface area contributed by atoms with Crippen molar-refractivity contribution in [1.82, 2.24) is 9.80 Å². The molecule has 1 aromatic rings. The molecule has 0 radical (unpaired) electrons. The van der Waals surface area contributed by atoms with E-state index in [1.165, 1.54) is 4.90 Å². The van der Waals surface area contributed by atoms with Gasteiger partial charge in [-0.05, 0) is 43.6 Å². The van der Waals surface area contributed by atoms with Crippen molar-refractivity contribution < 1.29 is 19.1 Å². The van der Waals surface area contributed by atoms with E-state index in [-0.39, 0.29) is 36.6 Å². The summed E-state index contributed by atoms with van der Waals surface area (Å²) >= 11 is 0. The topological polar surface area (TPSA) is 92.9 Å². The molecule has 2 saturated heterocycles. The van der Waals surface area contributed by atoms with Gasteiger partial charge in [-0.15, -0.1) is 0 Å². The first-order chi connectivity index (χ1) is 12.0. The first-order valence-corrected chi connectivity index (χ1v) is 8.50. The number of primary amides is 1. The van der Waals surface area contributed by atoms with Crippen LogP contribution >= 0.6 is 0 Å². The summed E-state index contributed by atoms with van der Waals surface area (Å²) in [5.74, 6) is 0.0210. The Hall–Kier alpha value is -2.41. The van der Waals surface area contributed by atoms with Crippen molar-refractivity contribution in [2.45, 2.75) is 31.8 Å². The van der Waals surface area contributed by atoms with Crippen LogP contribution in [0.4, 0.5) is 0 Å². The maximum absolute atomic E-state index is 12.7. The van der Waals surface area contributed by atoms with Gasteiger partial charge in [0.25, 0.3) is 0 Å². The predicted octanol–water partition coefficient (Wildman–Crippen LogP) is 0.520. The molecule has 2 N–H and O–H groups in total. The van der Waals surface area contributed by atoms with E-state index in [1.807, 2.05) is 29.2 Å². The molecule has 1 atom stereocenters. The zero-order valence-electron chi connectivity index (χ0n) is 14.3. The van der Waals surface area contributed by atoms with E-state index in [4.69, 9.17) is 10.5 Å². The third-order valence-corrected chi connectivity index (χ3v) is 5.09. The van der Waals surface area contributed by atoms with Crippen molar-refractivity contribution in [3.05, 3.63) is 29.8 Å². The second kappa shape index (κ2) is 7.23. The van der Waals surface area contributed by atoms with E-state index >= 15 is 0 Å². The van der Waals surface area contributed by atoms with Gasteiger partial charge in [-0.1, -0.05) is 12.1 Å². The smallest absolute Gasteiger partial charge is 0.247 e. The molecule has 134 valence electrons. The van der Waals surface area contributed by atoms with Gasteiger partial charge in [0.1, 0.15) is 5.75 Å². The highest BCUT2D eigenvalue weighted by molar-refractivity contribution is 6.05. The van der Waals surface area contributed by atoms with Crippen molar-refractivity contribution in [2.24, 2.45) is 11.7 Å². The molecule has 0 spiro atoms. The van der Waals surface area contributed by atoms with Gasteiger partial charge in [-0.25, -0.2) is 0 Å². The van der Waals surface area contributed by atoms with Gasteiger partial charge in [0.2, 0.25) is 17.7 Å². The SMILES string of the molecule is COc1ccc(CN2C(=O)C[C@@H](N3CCC(C(N)=O)CC3)C2=O)cc1. The number of hydrogen-bond acceptors (Lipinski definition) is 5. The lowest BCUT2D eigenvalue weighted by Gasteiger charge is -2.33. The van der Waals surface area contributed by atoms with Gasteiger partial charge in [0.15, 0.2) is 0 Å². The molecule has 7 nitrogen and oxygen atoms in total. The summed E-state index contributed by atoms with van der Waals surface area (Å²) in [7, 11) is 1.59. The number of nitrogens with two attached hydrogens (primary N) is 1. The van der Waals surface area contributed by atoms with Gasteiger partial charge in [0, 0.05) is 5.92 Å². The number of rotatable bonds is 5. The largest absolute Gasteiger partial charge is 0.497 e. The van der Waals surface area contributed by atoms with Crippen LogP contribution in [0.5, 0.6) is 5.75 Å². The lowest BCUT2D eigenvalue weighted by molar-refractivity contribution is -0.140. The molecule has 0 aliphatic carbocycles. The Morgan fingerprint density at radius 2 is 1.84 bits per heavy atom. The standard InChI is InChI=1S/C18H23N3O4/c1-25-14-4-2-12(3-5-14)11-21-16(22)10-15(18(21)24)20-8-6-13(7-9-20)17(19)23/h2-5,13,15H,6-11H2,1H3,(H2,19,23)/t15-/m1/s1. The number of ether oxygens (including phenoxy) is 1. The van der Waals surface area contributed by atoms with Gasteiger partial charge in [-0.3, -0.25) is 24.2 Å². The molecule has 1 aromatic carbocycles. The van der Waals surface area contributed by atoms with Crippen LogP contribution in [0, 0.1) is 5.92 Å². The van der Waals surface area contributed by atoms with E-state index < -0.39 is 6.04 Å². The van der Waals surface area contributed by atoms with Crippen LogP contribution in [-0.4, -0.2) is 53.8 Å². The Kier molecular flexibility index (Phi) is 5.03. The minimum absolute atomic E-state index is 0.126. The molecule has 3 rings (SSSR count). The molecule has 0 bridgehead atoms. The second-order valence-electron chi connectivity index (χ2n) is 6.60. The molecule has 25 heavy (non-hydrogen) atoms. The average Bonchev–Trinajstić information content (AvgIpc) is 2.90. The molecule has 0 saturated carbocycles. The van der Waals surface area contributed by atoms with Crippen molar-refractivity contribution in [3.63, 3.8) is 0 Å². The van der Waals surface area contributed by atoms with Crippen LogP contribution in [0.3, 0.4) is 0 Å². The van der Waals surface area contributed by atoms with Crippen LogP contribution in [0.15, 0.2) is 24.3 Å². The third-order valence-electron chi connectivity index (χ3n) is 5.09. The number of imide groups is 1. The summed E-state index contributed by atoms with van der Waals surface area (Å²) in [6.07, 6.45) is 1.49. The highest BCUT2D eigenvalue weighted by Crippen LogP contribution is 2.26. The van der Waals surface area contributed by atoms with Gasteiger partial charge < -0.3 is 10.5 Å². The first kappa shape index (κ1) is 17.4. The second-order valence-corrected chi connectivity index (χ2v) is 6.60. The van der Waals surface area contributed by atoms with Crippen LogP contribution in [-0.2, 0) is 20.9 Å². The third kappa shape index (κ3) is 3.66. The van der Waals surface area contributed by atoms with Crippen molar-refractivity contribution >= 4 is 17.7 Å². The molecule has 7 heteroatoms. The van der Waals surface area contributed by atoms with E-state index in [0.717, 1.165) is 11.3 Å². The fourth-order valence-corrected chi connectivity index (χ4v) is 3.53. The number of carbonyl (C=O) groups excluding carboxylic acids is 3. The zero-order chi connectivity index (χ0) is 18.0. The highest BCUT2D eigenvalue weighted by atomic mass is 16.5. The maximum Gasteiger partial charge on any atom is 0.247 e. The monoisotopic (exact) mass is 345 g/mol. The number of hydrogen-bond donors (Lipinski definition) is 1. The van der Waals surface area contributed by atoms with Crippen LogP contribution in [0.2, 0.25) is 0 Å². The Labute approximate surface area is 146 Å². The van der Waals surface area contributed by atoms with E-state index in [2.05, 4.69) is 0 Å². The Balaban J connectivity index is 1.63. The summed E-state index contributed by atoms with van der Waals surface area (Å²) in [5.41, 5.74) is 6.23. The Morgan fingerprint density at radius 3 is 2.40 bits per heavy atom. The van der Waals surface area contributed by atoms with Crippen LogP contribution < -0.4 is 10.5 Å². The summed E-state index contributed by atoms with van der Waals surface area (Å²) in [5, 5.41) is 0. The number of amides is 3. The summed E-state index contributed by atoms with van der Waals surface area (Å²) in [4.78, 5) is 39.6. The highest BCUT2D eigenvalue weighted by Gasteiger charge is 2.42. The van der Waals surface area contributed by atoms with E-state index in [1.54, 1.807) is 7.11 Å². The molecular formula is C18H23N3O4. The van der Waals surface area contributed by atoms with Gasteiger partial charge in [-0.2, -0.15) is 0 Å².